The maximum atomic E-state index is 12.3. The van der Waals surface area contributed by atoms with Gasteiger partial charge in [0.05, 0.1) is 5.69 Å². The highest BCUT2D eigenvalue weighted by atomic mass is 32.1. The molecule has 110 valence electrons. The Morgan fingerprint density at radius 2 is 1.90 bits per heavy atom. The van der Waals surface area contributed by atoms with E-state index < -0.39 is 18.0 Å². The lowest BCUT2D eigenvalue weighted by molar-refractivity contribution is -0.126. The van der Waals surface area contributed by atoms with Crippen LogP contribution in [0.15, 0.2) is 30.3 Å². The van der Waals surface area contributed by atoms with Crippen molar-refractivity contribution in [3.8, 4) is 0 Å². The lowest BCUT2D eigenvalue weighted by Crippen LogP contribution is -2.32. The predicted molar refractivity (Wildman–Crippen MR) is 78.6 cm³/mol. The number of amides is 1. The molecule has 0 bridgehead atoms. The van der Waals surface area contributed by atoms with Crippen LogP contribution < -0.4 is 4.90 Å². The largest absolute Gasteiger partial charge is 0.478 e. The van der Waals surface area contributed by atoms with Crippen molar-refractivity contribution in [2.45, 2.75) is 13.0 Å². The first-order valence-electron chi connectivity index (χ1n) is 6.13. The van der Waals surface area contributed by atoms with Gasteiger partial charge in [0.25, 0.3) is 5.91 Å². The second kappa shape index (κ2) is 6.02. The Hall–Kier alpha value is -2.25. The number of hydrogen-bond donors (Lipinski definition) is 2. The van der Waals surface area contributed by atoms with Crippen LogP contribution in [0.4, 0.5) is 5.00 Å². The second-order valence-electron chi connectivity index (χ2n) is 4.46. The van der Waals surface area contributed by atoms with Crippen molar-refractivity contribution in [1.29, 1.82) is 0 Å². The van der Waals surface area contributed by atoms with Crippen LogP contribution in [0.3, 0.4) is 0 Å². The molecule has 1 heterocycles. The number of aliphatic hydroxyl groups is 1. The van der Waals surface area contributed by atoms with Crippen molar-refractivity contribution in [3.63, 3.8) is 0 Å². The van der Waals surface area contributed by atoms with Gasteiger partial charge in [-0.3, -0.25) is 4.79 Å². The van der Waals surface area contributed by atoms with Crippen molar-refractivity contribution < 1.29 is 19.8 Å². The molecule has 7 heteroatoms. The van der Waals surface area contributed by atoms with Gasteiger partial charge in [0.2, 0.25) is 0 Å². The summed E-state index contributed by atoms with van der Waals surface area (Å²) < 4.78 is 3.96. The van der Waals surface area contributed by atoms with E-state index in [1.807, 2.05) is 0 Å². The molecule has 2 N–H and O–H groups in total. The van der Waals surface area contributed by atoms with Crippen LogP contribution in [0, 0.1) is 6.92 Å². The molecule has 0 saturated carbocycles. The first-order valence-corrected chi connectivity index (χ1v) is 6.91. The molecule has 1 aromatic heterocycles. The standard InChI is InChI=1S/C14H14N2O4S/c1-8-10(14(19)20)13(21-15-8)16(2)12(18)11(17)9-6-4-3-5-7-9/h3-7,11,17H,1-2H3,(H,19,20). The lowest BCUT2D eigenvalue weighted by Gasteiger charge is -2.19. The molecule has 1 unspecified atom stereocenters. The molecule has 2 rings (SSSR count). The van der Waals surface area contributed by atoms with Crippen molar-refractivity contribution >= 4 is 28.4 Å². The summed E-state index contributed by atoms with van der Waals surface area (Å²) in [5, 5.41) is 19.5. The van der Waals surface area contributed by atoms with Crippen LogP contribution in [0.5, 0.6) is 0 Å². The number of anilines is 1. The van der Waals surface area contributed by atoms with Gasteiger partial charge in [-0.15, -0.1) is 0 Å². The van der Waals surface area contributed by atoms with Gasteiger partial charge < -0.3 is 15.1 Å². The van der Waals surface area contributed by atoms with Crippen LogP contribution in [-0.2, 0) is 4.79 Å². The lowest BCUT2D eigenvalue weighted by atomic mass is 10.1. The summed E-state index contributed by atoms with van der Waals surface area (Å²) in [6.45, 7) is 1.56. The SMILES string of the molecule is Cc1nsc(N(C)C(=O)C(O)c2ccccc2)c1C(=O)O. The summed E-state index contributed by atoms with van der Waals surface area (Å²) in [4.78, 5) is 24.7. The molecular weight excluding hydrogens is 292 g/mol. The topological polar surface area (TPSA) is 90.7 Å². The zero-order valence-corrected chi connectivity index (χ0v) is 12.3. The summed E-state index contributed by atoms with van der Waals surface area (Å²) in [5.74, 6) is -1.75. The molecule has 0 radical (unpaired) electrons. The molecule has 6 nitrogen and oxygen atoms in total. The number of aryl methyl sites for hydroxylation is 1. The molecule has 0 fully saturated rings. The Morgan fingerprint density at radius 3 is 2.48 bits per heavy atom. The van der Waals surface area contributed by atoms with Gasteiger partial charge in [0.15, 0.2) is 6.10 Å². The van der Waals surface area contributed by atoms with E-state index in [0.29, 0.717) is 11.3 Å². The number of aromatic nitrogens is 1. The van der Waals surface area contributed by atoms with E-state index in [0.717, 1.165) is 16.4 Å². The molecule has 1 atom stereocenters. The van der Waals surface area contributed by atoms with Gasteiger partial charge in [-0.2, -0.15) is 4.37 Å². The molecule has 0 aliphatic heterocycles. The number of carboxylic acid groups (broad SMARTS) is 1. The summed E-state index contributed by atoms with van der Waals surface area (Å²) in [6, 6.07) is 8.47. The number of hydrogen-bond acceptors (Lipinski definition) is 5. The third kappa shape index (κ3) is 2.93. The Balaban J connectivity index is 2.30. The Kier molecular flexibility index (Phi) is 4.35. The maximum absolute atomic E-state index is 12.3. The minimum Gasteiger partial charge on any atom is -0.478 e. The van der Waals surface area contributed by atoms with E-state index in [1.54, 1.807) is 37.3 Å². The molecular formula is C14H14N2O4S. The first kappa shape index (κ1) is 15.1. The fourth-order valence-electron chi connectivity index (χ4n) is 1.89. The van der Waals surface area contributed by atoms with E-state index in [9.17, 15) is 19.8 Å². The van der Waals surface area contributed by atoms with Gasteiger partial charge in [0.1, 0.15) is 10.6 Å². The maximum Gasteiger partial charge on any atom is 0.340 e. The number of aromatic carboxylic acids is 1. The van der Waals surface area contributed by atoms with Crippen molar-refractivity contribution in [2.24, 2.45) is 0 Å². The fraction of sp³-hybridized carbons (Fsp3) is 0.214. The highest BCUT2D eigenvalue weighted by Gasteiger charge is 2.28. The van der Waals surface area contributed by atoms with Crippen LogP contribution in [0.2, 0.25) is 0 Å². The van der Waals surface area contributed by atoms with E-state index >= 15 is 0 Å². The average molecular weight is 306 g/mol. The van der Waals surface area contributed by atoms with Crippen molar-refractivity contribution in [3.05, 3.63) is 47.2 Å². The van der Waals surface area contributed by atoms with E-state index in [1.165, 1.54) is 7.05 Å². The zero-order valence-electron chi connectivity index (χ0n) is 11.5. The Morgan fingerprint density at radius 1 is 1.29 bits per heavy atom. The van der Waals surface area contributed by atoms with Crippen LogP contribution in [0.25, 0.3) is 0 Å². The average Bonchev–Trinajstić information content (AvgIpc) is 2.87. The third-order valence-electron chi connectivity index (χ3n) is 3.04. The fourth-order valence-corrected chi connectivity index (χ4v) is 2.75. The summed E-state index contributed by atoms with van der Waals surface area (Å²) in [6.07, 6.45) is -1.35. The van der Waals surface area contributed by atoms with Crippen LogP contribution >= 0.6 is 11.5 Å². The second-order valence-corrected chi connectivity index (χ2v) is 5.22. The summed E-state index contributed by atoms with van der Waals surface area (Å²) in [5.41, 5.74) is 0.778. The zero-order chi connectivity index (χ0) is 15.6. The van der Waals surface area contributed by atoms with Gasteiger partial charge in [0, 0.05) is 7.05 Å². The Bertz CT molecular complexity index is 669. The highest BCUT2D eigenvalue weighted by Crippen LogP contribution is 2.29. The van der Waals surface area contributed by atoms with Gasteiger partial charge in [-0.1, -0.05) is 30.3 Å². The monoisotopic (exact) mass is 306 g/mol. The molecule has 0 aliphatic carbocycles. The predicted octanol–water partition coefficient (Wildman–Crippen LogP) is 1.85. The molecule has 1 aromatic carbocycles. The smallest absolute Gasteiger partial charge is 0.340 e. The number of aliphatic hydroxyl groups excluding tert-OH is 1. The quantitative estimate of drug-likeness (QED) is 0.899. The number of nitrogens with zero attached hydrogens (tertiary/aromatic N) is 2. The number of carbonyl (C=O) groups is 2. The molecule has 0 aliphatic rings. The van der Waals surface area contributed by atoms with Crippen molar-refractivity contribution in [1.82, 2.24) is 4.37 Å². The van der Waals surface area contributed by atoms with E-state index in [-0.39, 0.29) is 10.6 Å². The normalized spacial score (nSPS) is 12.0. The molecule has 1 amide bonds. The summed E-state index contributed by atoms with van der Waals surface area (Å²) in [7, 11) is 1.42. The first-order chi connectivity index (χ1) is 9.93. The molecule has 0 saturated heterocycles. The van der Waals surface area contributed by atoms with E-state index in [4.69, 9.17) is 0 Å². The summed E-state index contributed by atoms with van der Waals surface area (Å²) >= 11 is 0.917. The highest BCUT2D eigenvalue weighted by molar-refractivity contribution is 7.11. The Labute approximate surface area is 125 Å². The molecule has 0 spiro atoms. The number of likely N-dealkylation sites (N-methyl/N-ethyl adjacent to an activating group) is 1. The van der Waals surface area contributed by atoms with Gasteiger partial charge in [-0.05, 0) is 24.0 Å². The van der Waals surface area contributed by atoms with Crippen LogP contribution in [0.1, 0.15) is 27.7 Å². The number of carboxylic acids is 1. The minimum absolute atomic E-state index is 0.0175. The molecule has 21 heavy (non-hydrogen) atoms. The van der Waals surface area contributed by atoms with Gasteiger partial charge >= 0.3 is 5.97 Å². The van der Waals surface area contributed by atoms with Crippen LogP contribution in [-0.4, -0.2) is 33.5 Å². The van der Waals surface area contributed by atoms with Crippen molar-refractivity contribution in [2.75, 3.05) is 11.9 Å². The van der Waals surface area contributed by atoms with E-state index in [2.05, 4.69) is 4.37 Å². The third-order valence-corrected chi connectivity index (χ3v) is 4.06. The van der Waals surface area contributed by atoms with Gasteiger partial charge in [-0.25, -0.2) is 4.79 Å². The number of benzene rings is 1. The number of carbonyl (C=O) groups excluding carboxylic acids is 1. The minimum atomic E-state index is -1.35. The molecule has 2 aromatic rings. The number of rotatable bonds is 4.